The van der Waals surface area contributed by atoms with Crippen LogP contribution in [-0.2, 0) is 14.3 Å². The Morgan fingerprint density at radius 2 is 2.23 bits per heavy atom. The standard InChI is InChI=1S/C15H19ClFNO4/c1-21-15(4-6-22-7-5-15)9-18-14(20)13(19)11-3-2-10(16)8-12(11)17/h2-3,8,13,19H,4-7,9H2,1H3,(H,18,20)/t13-/m0/s1. The summed E-state index contributed by atoms with van der Waals surface area (Å²) in [7, 11) is 1.58. The number of carbonyl (C=O) groups excluding carboxylic acids is 1. The number of methoxy groups -OCH3 is 1. The van der Waals surface area contributed by atoms with Crippen molar-refractivity contribution in [2.24, 2.45) is 0 Å². The molecule has 7 heteroatoms. The van der Waals surface area contributed by atoms with Crippen LogP contribution in [0.25, 0.3) is 0 Å². The first-order valence-electron chi connectivity index (χ1n) is 7.01. The second kappa shape index (κ2) is 7.37. The third-order valence-electron chi connectivity index (χ3n) is 3.93. The minimum atomic E-state index is -1.59. The van der Waals surface area contributed by atoms with Gasteiger partial charge in [0.25, 0.3) is 5.91 Å². The Morgan fingerprint density at radius 1 is 1.55 bits per heavy atom. The van der Waals surface area contributed by atoms with E-state index in [4.69, 9.17) is 21.1 Å². The van der Waals surface area contributed by atoms with Gasteiger partial charge in [-0.25, -0.2) is 4.39 Å². The molecule has 1 aromatic carbocycles. The fraction of sp³-hybridized carbons (Fsp3) is 0.533. The van der Waals surface area contributed by atoms with Crippen LogP contribution in [-0.4, -0.2) is 43.5 Å². The molecule has 0 spiro atoms. The average Bonchev–Trinajstić information content (AvgIpc) is 2.53. The van der Waals surface area contributed by atoms with E-state index in [-0.39, 0.29) is 17.1 Å². The summed E-state index contributed by atoms with van der Waals surface area (Å²) >= 11 is 5.65. The first-order chi connectivity index (χ1) is 10.5. The quantitative estimate of drug-likeness (QED) is 0.863. The van der Waals surface area contributed by atoms with Gasteiger partial charge in [-0.1, -0.05) is 17.7 Å². The van der Waals surface area contributed by atoms with Gasteiger partial charge in [0, 0.05) is 50.3 Å². The number of benzene rings is 1. The molecule has 0 unspecified atom stereocenters. The third-order valence-corrected chi connectivity index (χ3v) is 4.16. The van der Waals surface area contributed by atoms with Crippen LogP contribution in [0.3, 0.4) is 0 Å². The molecule has 22 heavy (non-hydrogen) atoms. The van der Waals surface area contributed by atoms with Crippen LogP contribution in [0.4, 0.5) is 4.39 Å². The SMILES string of the molecule is COC1(CNC(=O)[C@@H](O)c2ccc(Cl)cc2F)CCOCC1. The van der Waals surface area contributed by atoms with Crippen LogP contribution in [0.5, 0.6) is 0 Å². The molecule has 1 saturated heterocycles. The highest BCUT2D eigenvalue weighted by atomic mass is 35.5. The Kier molecular flexibility index (Phi) is 5.74. The van der Waals surface area contributed by atoms with Crippen molar-refractivity contribution in [3.8, 4) is 0 Å². The Balaban J connectivity index is 1.99. The maximum absolute atomic E-state index is 13.7. The first-order valence-corrected chi connectivity index (χ1v) is 7.39. The predicted octanol–water partition coefficient (Wildman–Crippen LogP) is 1.82. The van der Waals surface area contributed by atoms with Crippen molar-refractivity contribution < 1.29 is 23.8 Å². The molecule has 1 aliphatic heterocycles. The molecule has 0 radical (unpaired) electrons. The normalized spacial score (nSPS) is 18.7. The highest BCUT2D eigenvalue weighted by Crippen LogP contribution is 2.25. The summed E-state index contributed by atoms with van der Waals surface area (Å²) in [6.45, 7) is 1.34. The van der Waals surface area contributed by atoms with E-state index in [1.54, 1.807) is 7.11 Å². The number of halogens is 2. The van der Waals surface area contributed by atoms with Crippen molar-refractivity contribution in [3.05, 3.63) is 34.6 Å². The molecule has 5 nitrogen and oxygen atoms in total. The lowest BCUT2D eigenvalue weighted by molar-refractivity contribution is -0.133. The topological polar surface area (TPSA) is 67.8 Å². The highest BCUT2D eigenvalue weighted by molar-refractivity contribution is 6.30. The van der Waals surface area contributed by atoms with Crippen molar-refractivity contribution in [1.29, 1.82) is 0 Å². The number of carbonyl (C=O) groups is 1. The van der Waals surface area contributed by atoms with Gasteiger partial charge in [0.15, 0.2) is 6.10 Å². The van der Waals surface area contributed by atoms with Gasteiger partial charge >= 0.3 is 0 Å². The first kappa shape index (κ1) is 17.1. The zero-order chi connectivity index (χ0) is 16.2. The maximum Gasteiger partial charge on any atom is 0.253 e. The van der Waals surface area contributed by atoms with E-state index in [0.717, 1.165) is 6.07 Å². The zero-order valence-corrected chi connectivity index (χ0v) is 13.0. The number of aliphatic hydroxyl groups excluding tert-OH is 1. The molecule has 122 valence electrons. The van der Waals surface area contributed by atoms with Crippen molar-refractivity contribution in [2.75, 3.05) is 26.9 Å². The van der Waals surface area contributed by atoms with E-state index in [9.17, 15) is 14.3 Å². The second-order valence-electron chi connectivity index (χ2n) is 5.29. The lowest BCUT2D eigenvalue weighted by Crippen LogP contribution is -2.49. The number of aliphatic hydroxyl groups is 1. The van der Waals surface area contributed by atoms with Gasteiger partial charge in [-0.2, -0.15) is 0 Å². The molecule has 1 atom stereocenters. The summed E-state index contributed by atoms with van der Waals surface area (Å²) in [5.41, 5.74) is -0.619. The minimum Gasteiger partial charge on any atom is -0.381 e. The molecular formula is C15H19ClFNO4. The zero-order valence-electron chi connectivity index (χ0n) is 12.3. The van der Waals surface area contributed by atoms with Gasteiger partial charge in [-0.3, -0.25) is 4.79 Å². The fourth-order valence-electron chi connectivity index (χ4n) is 2.41. The van der Waals surface area contributed by atoms with Gasteiger partial charge in [-0.05, 0) is 12.1 Å². The molecule has 0 aromatic heterocycles. The van der Waals surface area contributed by atoms with Crippen molar-refractivity contribution in [3.63, 3.8) is 0 Å². The average molecular weight is 332 g/mol. The van der Waals surface area contributed by atoms with Crippen molar-refractivity contribution >= 4 is 17.5 Å². The predicted molar refractivity (Wildman–Crippen MR) is 79.2 cm³/mol. The molecule has 1 aromatic rings. The monoisotopic (exact) mass is 331 g/mol. The lowest BCUT2D eigenvalue weighted by Gasteiger charge is -2.36. The van der Waals surface area contributed by atoms with Crippen LogP contribution >= 0.6 is 11.6 Å². The van der Waals surface area contributed by atoms with Gasteiger partial charge < -0.3 is 19.9 Å². The van der Waals surface area contributed by atoms with Crippen LogP contribution in [0, 0.1) is 5.82 Å². The summed E-state index contributed by atoms with van der Waals surface area (Å²) in [6, 6.07) is 3.77. The van der Waals surface area contributed by atoms with Gasteiger partial charge in [0.05, 0.1) is 5.60 Å². The van der Waals surface area contributed by atoms with Gasteiger partial charge in [0.2, 0.25) is 0 Å². The third kappa shape index (κ3) is 3.95. The van der Waals surface area contributed by atoms with Gasteiger partial charge in [-0.15, -0.1) is 0 Å². The Morgan fingerprint density at radius 3 is 2.82 bits per heavy atom. The number of rotatable bonds is 5. The molecule has 0 bridgehead atoms. The van der Waals surface area contributed by atoms with E-state index < -0.39 is 23.4 Å². The Hall–Kier alpha value is -1.21. The number of amides is 1. The number of ether oxygens (including phenoxy) is 2. The van der Waals surface area contributed by atoms with Crippen LogP contribution < -0.4 is 5.32 Å². The molecule has 2 rings (SSSR count). The van der Waals surface area contributed by atoms with Gasteiger partial charge in [0.1, 0.15) is 5.82 Å². The number of hydrogen-bond acceptors (Lipinski definition) is 4. The Labute approximate surface area is 133 Å². The van der Waals surface area contributed by atoms with E-state index >= 15 is 0 Å². The van der Waals surface area contributed by atoms with Crippen LogP contribution in [0.1, 0.15) is 24.5 Å². The summed E-state index contributed by atoms with van der Waals surface area (Å²) in [5.74, 6) is -1.40. The second-order valence-corrected chi connectivity index (χ2v) is 5.72. The molecule has 1 fully saturated rings. The maximum atomic E-state index is 13.7. The minimum absolute atomic E-state index is 0.111. The summed E-state index contributed by atoms with van der Waals surface area (Å²) in [5, 5.41) is 12.8. The molecule has 1 heterocycles. The number of nitrogens with one attached hydrogen (secondary N) is 1. The molecular weight excluding hydrogens is 313 g/mol. The molecule has 1 aliphatic rings. The van der Waals surface area contributed by atoms with Crippen molar-refractivity contribution in [2.45, 2.75) is 24.5 Å². The Bertz CT molecular complexity index is 534. The van der Waals surface area contributed by atoms with E-state index in [0.29, 0.717) is 26.1 Å². The van der Waals surface area contributed by atoms with E-state index in [2.05, 4.69) is 5.32 Å². The lowest BCUT2D eigenvalue weighted by atomic mass is 9.94. The molecule has 0 saturated carbocycles. The van der Waals surface area contributed by atoms with Crippen LogP contribution in [0.2, 0.25) is 5.02 Å². The summed E-state index contributed by atoms with van der Waals surface area (Å²) in [4.78, 5) is 12.0. The summed E-state index contributed by atoms with van der Waals surface area (Å²) in [6.07, 6.45) is -0.296. The molecule has 0 aliphatic carbocycles. The van der Waals surface area contributed by atoms with E-state index in [1.807, 2.05) is 0 Å². The summed E-state index contributed by atoms with van der Waals surface area (Å²) < 4.78 is 24.5. The smallest absolute Gasteiger partial charge is 0.253 e. The van der Waals surface area contributed by atoms with Crippen molar-refractivity contribution in [1.82, 2.24) is 5.32 Å². The fourth-order valence-corrected chi connectivity index (χ4v) is 2.56. The highest BCUT2D eigenvalue weighted by Gasteiger charge is 2.33. The largest absolute Gasteiger partial charge is 0.381 e. The molecule has 2 N–H and O–H groups in total. The number of hydrogen-bond donors (Lipinski definition) is 2. The molecule has 1 amide bonds. The van der Waals surface area contributed by atoms with Crippen LogP contribution in [0.15, 0.2) is 18.2 Å². The van der Waals surface area contributed by atoms with E-state index in [1.165, 1.54) is 12.1 Å².